The summed E-state index contributed by atoms with van der Waals surface area (Å²) in [5.41, 5.74) is 4.54. The molecule has 1 aliphatic heterocycles. The molecule has 0 spiro atoms. The molecule has 1 atom stereocenters. The number of para-hydroxylation sites is 1. The van der Waals surface area contributed by atoms with Gasteiger partial charge in [-0.3, -0.25) is 9.69 Å². The number of thiocarbonyl (C=S) groups is 1. The lowest BCUT2D eigenvalue weighted by molar-refractivity contribution is -0.123. The van der Waals surface area contributed by atoms with Gasteiger partial charge in [0, 0.05) is 17.3 Å². The van der Waals surface area contributed by atoms with E-state index in [1.165, 1.54) is 11.8 Å². The third kappa shape index (κ3) is 5.38. The summed E-state index contributed by atoms with van der Waals surface area (Å²) in [7, 11) is 0. The summed E-state index contributed by atoms with van der Waals surface area (Å²) in [6.45, 7) is 6.01. The Kier molecular flexibility index (Phi) is 7.26. The van der Waals surface area contributed by atoms with Crippen LogP contribution in [0.15, 0.2) is 96.0 Å². The van der Waals surface area contributed by atoms with Crippen molar-refractivity contribution in [1.82, 2.24) is 14.7 Å². The molecule has 0 radical (unpaired) electrons. The van der Waals surface area contributed by atoms with E-state index in [0.717, 1.165) is 33.8 Å². The number of amides is 1. The number of rotatable bonds is 7. The number of nitrogens with zero attached hydrogens (tertiary/aromatic N) is 3. The predicted molar refractivity (Wildman–Crippen MR) is 155 cm³/mol. The Balaban J connectivity index is 1.52. The van der Waals surface area contributed by atoms with Gasteiger partial charge in [0.2, 0.25) is 0 Å². The zero-order valence-electron chi connectivity index (χ0n) is 20.9. The lowest BCUT2D eigenvalue weighted by atomic mass is 10.1. The Bertz CT molecular complexity index is 1450. The van der Waals surface area contributed by atoms with Gasteiger partial charge < -0.3 is 4.74 Å². The van der Waals surface area contributed by atoms with Gasteiger partial charge in [-0.2, -0.15) is 5.10 Å². The fourth-order valence-corrected chi connectivity index (χ4v) is 5.64. The number of aromatic nitrogens is 2. The van der Waals surface area contributed by atoms with Gasteiger partial charge in [-0.05, 0) is 68.8 Å². The first kappa shape index (κ1) is 25.0. The topological polar surface area (TPSA) is 47.4 Å². The zero-order valence-corrected chi connectivity index (χ0v) is 22.5. The summed E-state index contributed by atoms with van der Waals surface area (Å²) in [6.07, 6.45) is 3.95. The maximum absolute atomic E-state index is 13.5. The second-order valence-electron chi connectivity index (χ2n) is 9.04. The summed E-state index contributed by atoms with van der Waals surface area (Å²) in [4.78, 5) is 15.8. The van der Waals surface area contributed by atoms with Gasteiger partial charge in [0.1, 0.15) is 10.1 Å². The van der Waals surface area contributed by atoms with E-state index in [-0.39, 0.29) is 18.1 Å². The molecule has 1 saturated heterocycles. The average molecular weight is 526 g/mol. The Morgan fingerprint density at radius 1 is 0.919 bits per heavy atom. The lowest BCUT2D eigenvalue weighted by Crippen LogP contribution is -2.30. The van der Waals surface area contributed by atoms with Crippen LogP contribution in [0.1, 0.15) is 37.9 Å². The van der Waals surface area contributed by atoms with E-state index in [9.17, 15) is 4.79 Å². The molecular formula is C30H27N3O2S2. The summed E-state index contributed by atoms with van der Waals surface area (Å²) < 4.78 is 8.20. The molecule has 1 aromatic heterocycles. The van der Waals surface area contributed by atoms with Crippen LogP contribution in [0.25, 0.3) is 23.0 Å². The van der Waals surface area contributed by atoms with Crippen LogP contribution in [0.4, 0.5) is 0 Å². The Morgan fingerprint density at radius 3 is 2.22 bits per heavy atom. The Hall–Kier alpha value is -3.68. The van der Waals surface area contributed by atoms with E-state index in [2.05, 4.69) is 0 Å². The van der Waals surface area contributed by atoms with Crippen molar-refractivity contribution < 1.29 is 9.53 Å². The molecular weight excluding hydrogens is 498 g/mol. The van der Waals surface area contributed by atoms with E-state index >= 15 is 0 Å². The van der Waals surface area contributed by atoms with Crippen LogP contribution in [-0.4, -0.2) is 31.0 Å². The SMILES string of the molecule is CC(C)Oc1ccc(-c2nn(-c3ccccc3)cc2/C=C2\SC(=S)N([C@H](C)c3ccccc3)C2=O)cc1. The van der Waals surface area contributed by atoms with Gasteiger partial charge in [0.15, 0.2) is 0 Å². The summed E-state index contributed by atoms with van der Waals surface area (Å²) in [5, 5.41) is 4.89. The van der Waals surface area contributed by atoms with Crippen LogP contribution in [0, 0.1) is 0 Å². The Morgan fingerprint density at radius 2 is 1.57 bits per heavy atom. The van der Waals surface area contributed by atoms with Crippen molar-refractivity contribution in [3.05, 3.63) is 107 Å². The smallest absolute Gasteiger partial charge is 0.266 e. The zero-order chi connectivity index (χ0) is 25.9. The van der Waals surface area contributed by atoms with Crippen molar-refractivity contribution in [3.8, 4) is 22.7 Å². The molecule has 1 amide bonds. The molecule has 0 bridgehead atoms. The third-order valence-electron chi connectivity index (χ3n) is 6.04. The highest BCUT2D eigenvalue weighted by Crippen LogP contribution is 2.39. The molecule has 7 heteroatoms. The minimum atomic E-state index is -0.153. The molecule has 1 aliphatic rings. The standard InChI is InChI=1S/C30H27N3O2S2/c1-20(2)35-26-16-14-23(15-17-26)28-24(19-32(31-28)25-12-8-5-9-13-25)18-27-29(34)33(30(36)37-27)21(3)22-10-6-4-7-11-22/h4-21H,1-3H3/b27-18-/t21-/m1/s1. The molecule has 0 saturated carbocycles. The Labute approximate surface area is 226 Å². The molecule has 5 nitrogen and oxygen atoms in total. The second-order valence-corrected chi connectivity index (χ2v) is 10.7. The van der Waals surface area contributed by atoms with E-state index in [0.29, 0.717) is 9.23 Å². The molecule has 4 aromatic rings. The van der Waals surface area contributed by atoms with Crippen molar-refractivity contribution in [2.24, 2.45) is 0 Å². The van der Waals surface area contributed by atoms with Crippen molar-refractivity contribution in [2.75, 3.05) is 0 Å². The number of hydrogen-bond donors (Lipinski definition) is 0. The van der Waals surface area contributed by atoms with Gasteiger partial charge in [-0.25, -0.2) is 4.68 Å². The van der Waals surface area contributed by atoms with Crippen LogP contribution >= 0.6 is 24.0 Å². The first-order valence-corrected chi connectivity index (χ1v) is 13.4. The number of thioether (sulfide) groups is 1. The van der Waals surface area contributed by atoms with Gasteiger partial charge in [0.05, 0.1) is 28.4 Å². The normalized spacial score (nSPS) is 15.6. The highest BCUT2D eigenvalue weighted by Gasteiger charge is 2.36. The molecule has 0 aliphatic carbocycles. The number of ether oxygens (including phenoxy) is 1. The van der Waals surface area contributed by atoms with E-state index < -0.39 is 0 Å². The maximum atomic E-state index is 13.5. The maximum Gasteiger partial charge on any atom is 0.266 e. The lowest BCUT2D eigenvalue weighted by Gasteiger charge is -2.23. The minimum absolute atomic E-state index is 0.0922. The third-order valence-corrected chi connectivity index (χ3v) is 7.37. The molecule has 186 valence electrons. The summed E-state index contributed by atoms with van der Waals surface area (Å²) in [5.74, 6) is 0.712. The van der Waals surface area contributed by atoms with E-state index in [1.54, 1.807) is 4.90 Å². The van der Waals surface area contributed by atoms with Crippen molar-refractivity contribution >= 4 is 40.3 Å². The number of carbonyl (C=O) groups excluding carboxylic acids is 1. The fraction of sp³-hybridized carbons (Fsp3) is 0.167. The van der Waals surface area contributed by atoms with Gasteiger partial charge >= 0.3 is 0 Å². The largest absolute Gasteiger partial charge is 0.491 e. The van der Waals surface area contributed by atoms with E-state index in [1.807, 2.05) is 123 Å². The van der Waals surface area contributed by atoms with Crippen LogP contribution in [-0.2, 0) is 4.79 Å². The van der Waals surface area contributed by atoms with Gasteiger partial charge in [-0.1, -0.05) is 72.5 Å². The van der Waals surface area contributed by atoms with Crippen molar-refractivity contribution in [3.63, 3.8) is 0 Å². The highest BCUT2D eigenvalue weighted by atomic mass is 32.2. The molecule has 37 heavy (non-hydrogen) atoms. The quantitative estimate of drug-likeness (QED) is 0.187. The molecule has 3 aromatic carbocycles. The van der Waals surface area contributed by atoms with Gasteiger partial charge in [0.25, 0.3) is 5.91 Å². The summed E-state index contributed by atoms with van der Waals surface area (Å²) in [6, 6.07) is 27.6. The monoisotopic (exact) mass is 525 g/mol. The number of hydrogen-bond acceptors (Lipinski definition) is 5. The first-order valence-electron chi connectivity index (χ1n) is 12.1. The van der Waals surface area contributed by atoms with Crippen LogP contribution in [0.2, 0.25) is 0 Å². The minimum Gasteiger partial charge on any atom is -0.491 e. The molecule has 0 N–H and O–H groups in total. The van der Waals surface area contributed by atoms with E-state index in [4.69, 9.17) is 22.1 Å². The van der Waals surface area contributed by atoms with Crippen molar-refractivity contribution in [2.45, 2.75) is 32.9 Å². The predicted octanol–water partition coefficient (Wildman–Crippen LogP) is 7.29. The molecule has 0 unspecified atom stereocenters. The first-order chi connectivity index (χ1) is 17.9. The fourth-order valence-electron chi connectivity index (χ4n) is 4.23. The second kappa shape index (κ2) is 10.7. The molecule has 1 fully saturated rings. The summed E-state index contributed by atoms with van der Waals surface area (Å²) >= 11 is 6.97. The van der Waals surface area contributed by atoms with Crippen molar-refractivity contribution in [1.29, 1.82) is 0 Å². The number of benzene rings is 3. The van der Waals surface area contributed by atoms with Gasteiger partial charge in [-0.15, -0.1) is 0 Å². The highest BCUT2D eigenvalue weighted by molar-refractivity contribution is 8.26. The average Bonchev–Trinajstić information content (AvgIpc) is 3.45. The molecule has 2 heterocycles. The van der Waals surface area contributed by atoms with Crippen LogP contribution in [0.5, 0.6) is 5.75 Å². The van der Waals surface area contributed by atoms with Crippen LogP contribution < -0.4 is 4.74 Å². The van der Waals surface area contributed by atoms with Crippen LogP contribution in [0.3, 0.4) is 0 Å². The molecule has 5 rings (SSSR count). The number of carbonyl (C=O) groups is 1.